The normalized spacial score (nSPS) is 15.6. The lowest BCUT2D eigenvalue weighted by Crippen LogP contribution is -2.00. The van der Waals surface area contributed by atoms with Gasteiger partial charge in [-0.2, -0.15) is 0 Å². The van der Waals surface area contributed by atoms with Gasteiger partial charge in [0, 0.05) is 9.37 Å². The second-order valence-electron chi connectivity index (χ2n) is 2.91. The molecule has 13 heavy (non-hydrogen) atoms. The maximum atomic E-state index is 6.16. The fraction of sp³-hybridized carbons (Fsp3) is 0.333. The van der Waals surface area contributed by atoms with E-state index in [-0.39, 0.29) is 0 Å². The summed E-state index contributed by atoms with van der Waals surface area (Å²) in [7, 11) is 0. The minimum atomic E-state index is 0.816. The van der Waals surface area contributed by atoms with Crippen LogP contribution in [0.5, 0.6) is 0 Å². The molecule has 0 saturated heterocycles. The number of benzene rings is 1. The third-order valence-electron chi connectivity index (χ3n) is 2.04. The van der Waals surface area contributed by atoms with E-state index in [1.807, 2.05) is 6.07 Å². The summed E-state index contributed by atoms with van der Waals surface area (Å²) >= 11 is 17.5. The molecule has 1 aromatic carbocycles. The first-order valence-corrected chi connectivity index (χ1v) is 6.53. The zero-order chi connectivity index (χ0) is 9.42. The lowest BCUT2D eigenvalue weighted by atomic mass is 10.1. The van der Waals surface area contributed by atoms with E-state index >= 15 is 0 Å². The molecule has 1 aliphatic heterocycles. The number of hydrogen-bond donors (Lipinski definition) is 0. The van der Waals surface area contributed by atoms with Gasteiger partial charge in [-0.15, -0.1) is 11.8 Å². The highest BCUT2D eigenvalue weighted by molar-refractivity contribution is 9.10. The molecule has 0 radical (unpaired) electrons. The largest absolute Gasteiger partial charge is 0.124 e. The van der Waals surface area contributed by atoms with Crippen LogP contribution in [0.4, 0.5) is 0 Å². The third kappa shape index (κ3) is 1.87. The van der Waals surface area contributed by atoms with Crippen LogP contribution in [0.1, 0.15) is 12.0 Å². The van der Waals surface area contributed by atoms with Gasteiger partial charge in [0.15, 0.2) is 0 Å². The van der Waals surface area contributed by atoms with Gasteiger partial charge in [-0.1, -0.05) is 23.2 Å². The molecule has 0 fully saturated rings. The Morgan fingerprint density at radius 3 is 2.92 bits per heavy atom. The molecule has 0 saturated carbocycles. The lowest BCUT2D eigenvalue weighted by Gasteiger charge is -2.18. The second kappa shape index (κ2) is 4.01. The molecular formula is C9H7BrCl2S. The van der Waals surface area contributed by atoms with Gasteiger partial charge in [-0.25, -0.2) is 0 Å². The predicted molar refractivity (Wildman–Crippen MR) is 63.2 cm³/mol. The molecular weight excluding hydrogens is 291 g/mol. The summed E-state index contributed by atoms with van der Waals surface area (Å²) in [6.07, 6.45) is 2.23. The number of hydrogen-bond acceptors (Lipinski definition) is 1. The highest BCUT2D eigenvalue weighted by atomic mass is 79.9. The smallest absolute Gasteiger partial charge is 0.0592 e. The molecule has 70 valence electrons. The van der Waals surface area contributed by atoms with Crippen molar-refractivity contribution in [1.29, 1.82) is 0 Å². The molecule has 0 unspecified atom stereocenters. The minimum Gasteiger partial charge on any atom is -0.124 e. The van der Waals surface area contributed by atoms with Crippen molar-refractivity contribution in [1.82, 2.24) is 0 Å². The molecule has 0 spiro atoms. The maximum Gasteiger partial charge on any atom is 0.0592 e. The Bertz CT molecular complexity index is 352. The maximum absolute atomic E-state index is 6.16. The SMILES string of the molecule is Clc1cc(Br)c(Cl)c2c1SCCC2. The summed E-state index contributed by atoms with van der Waals surface area (Å²) in [5.74, 6) is 1.14. The van der Waals surface area contributed by atoms with Crippen molar-refractivity contribution in [3.63, 3.8) is 0 Å². The number of thioether (sulfide) groups is 1. The van der Waals surface area contributed by atoms with E-state index < -0.39 is 0 Å². The van der Waals surface area contributed by atoms with Crippen LogP contribution in [-0.2, 0) is 6.42 Å². The minimum absolute atomic E-state index is 0.816. The average molecular weight is 298 g/mol. The van der Waals surface area contributed by atoms with Crippen molar-refractivity contribution in [3.05, 3.63) is 26.1 Å². The van der Waals surface area contributed by atoms with Crippen molar-refractivity contribution < 1.29 is 0 Å². The van der Waals surface area contributed by atoms with Crippen LogP contribution in [0, 0.1) is 0 Å². The zero-order valence-corrected chi connectivity index (χ0v) is 10.7. The number of halogens is 3. The molecule has 0 amide bonds. The summed E-state index contributed by atoms with van der Waals surface area (Å²) in [6, 6.07) is 1.88. The molecule has 0 nitrogen and oxygen atoms in total. The Morgan fingerprint density at radius 2 is 2.15 bits per heavy atom. The first-order chi connectivity index (χ1) is 6.20. The van der Waals surface area contributed by atoms with Gasteiger partial charge in [0.05, 0.1) is 10.0 Å². The third-order valence-corrected chi connectivity index (χ3v) is 4.98. The second-order valence-corrected chi connectivity index (χ2v) is 5.66. The summed E-state index contributed by atoms with van der Waals surface area (Å²) in [5, 5.41) is 1.64. The van der Waals surface area contributed by atoms with Gasteiger partial charge >= 0.3 is 0 Å². The van der Waals surface area contributed by atoms with Gasteiger partial charge in [-0.3, -0.25) is 0 Å². The van der Waals surface area contributed by atoms with Gasteiger partial charge in [0.1, 0.15) is 0 Å². The Morgan fingerprint density at radius 1 is 1.38 bits per heavy atom. The highest BCUT2D eigenvalue weighted by Crippen LogP contribution is 2.42. The predicted octanol–water partition coefficient (Wildman–Crippen LogP) is 4.79. The van der Waals surface area contributed by atoms with E-state index in [1.54, 1.807) is 11.8 Å². The van der Waals surface area contributed by atoms with Crippen LogP contribution < -0.4 is 0 Å². The van der Waals surface area contributed by atoms with Crippen LogP contribution in [0.3, 0.4) is 0 Å². The number of fused-ring (bicyclic) bond motifs is 1. The van der Waals surface area contributed by atoms with Gasteiger partial charge in [0.25, 0.3) is 0 Å². The summed E-state index contributed by atoms with van der Waals surface area (Å²) in [5.41, 5.74) is 1.21. The van der Waals surface area contributed by atoms with Crippen molar-refractivity contribution in [2.45, 2.75) is 17.7 Å². The summed E-state index contributed by atoms with van der Waals surface area (Å²) in [4.78, 5) is 1.17. The van der Waals surface area contributed by atoms with Crippen LogP contribution in [0.15, 0.2) is 15.4 Å². The topological polar surface area (TPSA) is 0 Å². The van der Waals surface area contributed by atoms with E-state index in [4.69, 9.17) is 23.2 Å². The molecule has 2 rings (SSSR count). The molecule has 4 heteroatoms. The zero-order valence-electron chi connectivity index (χ0n) is 6.74. The van der Waals surface area contributed by atoms with Crippen LogP contribution in [0.25, 0.3) is 0 Å². The molecule has 0 bridgehead atoms. The molecule has 0 N–H and O–H groups in total. The molecule has 1 aliphatic rings. The fourth-order valence-corrected chi connectivity index (χ4v) is 3.79. The van der Waals surface area contributed by atoms with E-state index in [1.165, 1.54) is 16.9 Å². The number of rotatable bonds is 0. The van der Waals surface area contributed by atoms with Crippen LogP contribution in [-0.4, -0.2) is 5.75 Å². The van der Waals surface area contributed by atoms with E-state index in [0.29, 0.717) is 0 Å². The van der Waals surface area contributed by atoms with Crippen LogP contribution in [0.2, 0.25) is 10.0 Å². The fourth-order valence-electron chi connectivity index (χ4n) is 1.43. The molecule has 1 heterocycles. The van der Waals surface area contributed by atoms with E-state index in [0.717, 1.165) is 26.7 Å². The van der Waals surface area contributed by atoms with Gasteiger partial charge in [0.2, 0.25) is 0 Å². The van der Waals surface area contributed by atoms with Gasteiger partial charge in [-0.05, 0) is 46.2 Å². The Balaban J connectivity index is 2.63. The van der Waals surface area contributed by atoms with Crippen LogP contribution >= 0.6 is 50.9 Å². The van der Waals surface area contributed by atoms with Crippen molar-refractivity contribution in [3.8, 4) is 0 Å². The average Bonchev–Trinajstić information content (AvgIpc) is 2.15. The highest BCUT2D eigenvalue weighted by Gasteiger charge is 2.18. The monoisotopic (exact) mass is 296 g/mol. The Labute approximate surface area is 100 Å². The first-order valence-electron chi connectivity index (χ1n) is 3.99. The van der Waals surface area contributed by atoms with Crippen molar-refractivity contribution in [2.75, 3.05) is 5.75 Å². The molecule has 0 aliphatic carbocycles. The Kier molecular flexibility index (Phi) is 3.14. The quantitative estimate of drug-likeness (QED) is 0.620. The lowest BCUT2D eigenvalue weighted by molar-refractivity contribution is 0.889. The van der Waals surface area contributed by atoms with Crippen molar-refractivity contribution in [2.24, 2.45) is 0 Å². The van der Waals surface area contributed by atoms with E-state index in [9.17, 15) is 0 Å². The van der Waals surface area contributed by atoms with E-state index in [2.05, 4.69) is 15.9 Å². The summed E-state index contributed by atoms with van der Waals surface area (Å²) in [6.45, 7) is 0. The summed E-state index contributed by atoms with van der Waals surface area (Å²) < 4.78 is 0.903. The van der Waals surface area contributed by atoms with Gasteiger partial charge < -0.3 is 0 Å². The van der Waals surface area contributed by atoms with Crippen molar-refractivity contribution >= 4 is 50.9 Å². The standard InChI is InChI=1S/C9H7BrCl2S/c10-6-4-7(11)9-5(8(6)12)2-1-3-13-9/h4H,1-3H2. The Hall–Kier alpha value is 0.630. The first kappa shape index (κ1) is 10.2. The molecule has 0 aromatic heterocycles. The molecule has 1 aromatic rings. The molecule has 0 atom stereocenters.